The average molecular weight is 413 g/mol. The first-order valence-electron chi connectivity index (χ1n) is 10.0. The van der Waals surface area contributed by atoms with Gasteiger partial charge in [-0.1, -0.05) is 48.5 Å². The smallest absolute Gasteiger partial charge is 0.407 e. The van der Waals surface area contributed by atoms with Crippen molar-refractivity contribution in [3.05, 3.63) is 59.7 Å². The van der Waals surface area contributed by atoms with Crippen LogP contribution < -0.4 is 5.32 Å². The number of alkyl carbamates (subject to hydrolysis) is 1. The minimum atomic E-state index is -2.76. The predicted molar refractivity (Wildman–Crippen MR) is 104 cm³/mol. The number of aliphatic carboxylic acids is 1. The van der Waals surface area contributed by atoms with Gasteiger partial charge in [-0.15, -0.1) is 0 Å². The maximum Gasteiger partial charge on any atom is 0.407 e. The van der Waals surface area contributed by atoms with E-state index in [2.05, 4.69) is 5.32 Å². The number of amides is 1. The number of carboxylic acids is 1. The zero-order valence-electron chi connectivity index (χ0n) is 16.1. The highest BCUT2D eigenvalue weighted by Crippen LogP contribution is 2.69. The van der Waals surface area contributed by atoms with Crippen LogP contribution in [0.2, 0.25) is 0 Å². The lowest BCUT2D eigenvalue weighted by atomic mass is 9.82. The predicted octanol–water partition coefficient (Wildman–Crippen LogP) is 4.27. The van der Waals surface area contributed by atoms with Crippen LogP contribution >= 0.6 is 0 Å². The van der Waals surface area contributed by atoms with Crippen molar-refractivity contribution in [2.24, 2.45) is 17.3 Å². The minimum Gasteiger partial charge on any atom is -0.481 e. The number of benzene rings is 2. The van der Waals surface area contributed by atoms with Gasteiger partial charge in [0.05, 0.1) is 5.41 Å². The molecule has 0 aliphatic heterocycles. The molecular weight excluding hydrogens is 392 g/mol. The second-order valence-corrected chi connectivity index (χ2v) is 8.56. The Morgan fingerprint density at radius 3 is 2.07 bits per heavy atom. The largest absolute Gasteiger partial charge is 0.481 e. The van der Waals surface area contributed by atoms with Crippen molar-refractivity contribution in [3.63, 3.8) is 0 Å². The number of carbonyl (C=O) groups is 2. The van der Waals surface area contributed by atoms with Crippen LogP contribution in [0.15, 0.2) is 48.5 Å². The quantitative estimate of drug-likeness (QED) is 0.768. The first-order valence-corrected chi connectivity index (χ1v) is 10.0. The van der Waals surface area contributed by atoms with Crippen molar-refractivity contribution in [2.45, 2.75) is 24.7 Å². The van der Waals surface area contributed by atoms with Gasteiger partial charge in [0.1, 0.15) is 6.61 Å². The van der Waals surface area contributed by atoms with Gasteiger partial charge in [-0.3, -0.25) is 4.79 Å². The van der Waals surface area contributed by atoms with Crippen molar-refractivity contribution in [2.75, 3.05) is 13.2 Å². The molecule has 5 nitrogen and oxygen atoms in total. The maximum absolute atomic E-state index is 13.5. The Kier molecular flexibility index (Phi) is 4.14. The van der Waals surface area contributed by atoms with Gasteiger partial charge in [0.25, 0.3) is 5.92 Å². The molecule has 0 bridgehead atoms. The van der Waals surface area contributed by atoms with Crippen molar-refractivity contribution in [1.29, 1.82) is 0 Å². The van der Waals surface area contributed by atoms with E-state index in [9.17, 15) is 23.5 Å². The molecule has 2 aromatic rings. The topological polar surface area (TPSA) is 75.6 Å². The lowest BCUT2D eigenvalue weighted by Crippen LogP contribution is -2.43. The van der Waals surface area contributed by atoms with Gasteiger partial charge in [-0.25, -0.2) is 13.6 Å². The van der Waals surface area contributed by atoms with Gasteiger partial charge in [0.2, 0.25) is 0 Å². The molecule has 1 amide bonds. The number of hydrogen-bond acceptors (Lipinski definition) is 3. The number of carbonyl (C=O) groups excluding carboxylic acids is 1. The molecule has 3 aliphatic carbocycles. The van der Waals surface area contributed by atoms with Crippen LogP contribution in [0.4, 0.5) is 13.6 Å². The molecule has 2 atom stereocenters. The number of carboxylic acid groups (broad SMARTS) is 1. The van der Waals surface area contributed by atoms with E-state index in [-0.39, 0.29) is 31.9 Å². The van der Waals surface area contributed by atoms with Crippen molar-refractivity contribution < 1.29 is 28.2 Å². The van der Waals surface area contributed by atoms with Gasteiger partial charge in [-0.05, 0) is 35.1 Å². The molecule has 2 aromatic carbocycles. The number of ether oxygens (including phenoxy) is 1. The molecule has 5 rings (SSSR count). The van der Waals surface area contributed by atoms with Crippen LogP contribution in [0.3, 0.4) is 0 Å². The first kappa shape index (κ1) is 19.0. The lowest BCUT2D eigenvalue weighted by Gasteiger charge is -2.27. The summed E-state index contributed by atoms with van der Waals surface area (Å²) in [6.45, 7) is -0.0919. The first-order chi connectivity index (χ1) is 14.3. The molecule has 7 heteroatoms. The zero-order chi connectivity index (χ0) is 21.1. The Labute approximate surface area is 172 Å². The fraction of sp³-hybridized carbons (Fsp3) is 0.391. The van der Waals surface area contributed by atoms with Gasteiger partial charge >= 0.3 is 12.1 Å². The van der Waals surface area contributed by atoms with Gasteiger partial charge in [-0.2, -0.15) is 0 Å². The number of alkyl halides is 2. The molecule has 0 spiro atoms. The lowest BCUT2D eigenvalue weighted by molar-refractivity contribution is -0.150. The molecule has 2 N–H and O–H groups in total. The second-order valence-electron chi connectivity index (χ2n) is 8.56. The molecule has 2 fully saturated rings. The van der Waals surface area contributed by atoms with Crippen molar-refractivity contribution in [3.8, 4) is 11.1 Å². The summed E-state index contributed by atoms with van der Waals surface area (Å²) >= 11 is 0. The third-order valence-electron chi connectivity index (χ3n) is 6.96. The van der Waals surface area contributed by atoms with E-state index in [1.54, 1.807) is 0 Å². The van der Waals surface area contributed by atoms with Crippen LogP contribution in [0, 0.1) is 17.3 Å². The van der Waals surface area contributed by atoms with E-state index in [0.29, 0.717) is 0 Å². The maximum atomic E-state index is 13.5. The van der Waals surface area contributed by atoms with Crippen LogP contribution in [-0.2, 0) is 9.53 Å². The van der Waals surface area contributed by atoms with Gasteiger partial charge < -0.3 is 15.2 Å². The van der Waals surface area contributed by atoms with Crippen molar-refractivity contribution >= 4 is 12.1 Å². The van der Waals surface area contributed by atoms with E-state index in [1.165, 1.54) is 0 Å². The number of rotatable bonds is 5. The highest BCUT2D eigenvalue weighted by atomic mass is 19.3. The van der Waals surface area contributed by atoms with Gasteiger partial charge in [0.15, 0.2) is 0 Å². The summed E-state index contributed by atoms with van der Waals surface area (Å²) in [5.41, 5.74) is 3.03. The second kappa shape index (κ2) is 6.52. The Bertz CT molecular complexity index is 978. The highest BCUT2D eigenvalue weighted by Gasteiger charge is 2.76. The number of hydrogen-bond donors (Lipinski definition) is 2. The minimum absolute atomic E-state index is 0.102. The zero-order valence-corrected chi connectivity index (χ0v) is 16.1. The summed E-state index contributed by atoms with van der Waals surface area (Å²) in [6, 6.07) is 15.9. The molecule has 0 saturated heterocycles. The van der Waals surface area contributed by atoms with E-state index in [4.69, 9.17) is 4.74 Å². The molecule has 3 aliphatic rings. The summed E-state index contributed by atoms with van der Waals surface area (Å²) in [7, 11) is 0. The Morgan fingerprint density at radius 2 is 1.53 bits per heavy atom. The molecular formula is C23H21F2NO4. The fourth-order valence-corrected chi connectivity index (χ4v) is 5.23. The summed E-state index contributed by atoms with van der Waals surface area (Å²) in [5, 5.41) is 12.1. The molecule has 0 aromatic heterocycles. The Hall–Kier alpha value is -2.96. The van der Waals surface area contributed by atoms with E-state index in [0.717, 1.165) is 22.3 Å². The Morgan fingerprint density at radius 1 is 1.00 bits per heavy atom. The molecule has 0 heterocycles. The molecule has 156 valence electrons. The monoisotopic (exact) mass is 413 g/mol. The standard InChI is InChI=1S/C23H21F2NO4/c24-23(25)18-9-22(20(27)28,10-19(18)23)12-26-21(29)30-11-17-15-7-3-1-5-13(15)14-6-2-4-8-16(14)17/h1-8,17-19H,9-12H2,(H,26,29)(H,27,28). The fourth-order valence-electron chi connectivity index (χ4n) is 5.23. The Balaban J connectivity index is 1.23. The summed E-state index contributed by atoms with van der Waals surface area (Å²) in [5.74, 6) is -5.79. The number of nitrogens with one attached hydrogen (secondary N) is 1. The van der Waals surface area contributed by atoms with E-state index < -0.39 is 35.2 Å². The molecule has 2 saturated carbocycles. The van der Waals surface area contributed by atoms with Crippen molar-refractivity contribution in [1.82, 2.24) is 5.32 Å². The third kappa shape index (κ3) is 2.79. The number of halogens is 2. The molecule has 30 heavy (non-hydrogen) atoms. The van der Waals surface area contributed by atoms with Crippen LogP contribution in [0.1, 0.15) is 29.9 Å². The summed E-state index contributed by atoms with van der Waals surface area (Å²) in [6.07, 6.45) is -0.974. The van der Waals surface area contributed by atoms with E-state index in [1.807, 2.05) is 48.5 Å². The highest BCUT2D eigenvalue weighted by molar-refractivity contribution is 5.79. The van der Waals surface area contributed by atoms with Crippen LogP contribution in [0.25, 0.3) is 11.1 Å². The van der Waals surface area contributed by atoms with Crippen LogP contribution in [-0.4, -0.2) is 36.2 Å². The van der Waals surface area contributed by atoms with Gasteiger partial charge in [0, 0.05) is 24.3 Å². The summed E-state index contributed by atoms with van der Waals surface area (Å²) < 4.78 is 32.4. The molecule has 0 radical (unpaired) electrons. The molecule has 2 unspecified atom stereocenters. The average Bonchev–Trinajstić information content (AvgIpc) is 3.09. The SMILES string of the molecule is O=C(NCC1(C(=O)O)CC2C(C1)C2(F)F)OCC1c2ccccc2-c2ccccc21. The van der Waals surface area contributed by atoms with Crippen LogP contribution in [0.5, 0.6) is 0 Å². The summed E-state index contributed by atoms with van der Waals surface area (Å²) in [4.78, 5) is 24.0. The number of fused-ring (bicyclic) bond motifs is 4. The van der Waals surface area contributed by atoms with E-state index >= 15 is 0 Å². The third-order valence-corrected chi connectivity index (χ3v) is 6.96. The normalized spacial score (nSPS) is 27.7.